The standard InChI is InChI=1S/C28H28N2O4/c1-4-29(22-13-9-6-10-14-22)26-25(21-11-7-5-8-12-21)27(31)30(28(26)32)18-17-20-15-16-23(33-2)24(19-20)34-3/h5-16,19H,4,17-18H2,1-3H3. The van der Waals surface area contributed by atoms with Crippen LogP contribution in [0.3, 0.4) is 0 Å². The molecule has 0 atom stereocenters. The molecule has 0 fully saturated rings. The zero-order valence-electron chi connectivity index (χ0n) is 19.7. The van der Waals surface area contributed by atoms with Crippen LogP contribution in [0.1, 0.15) is 18.1 Å². The van der Waals surface area contributed by atoms with Gasteiger partial charge in [-0.05, 0) is 48.7 Å². The van der Waals surface area contributed by atoms with Crippen LogP contribution in [0, 0.1) is 0 Å². The summed E-state index contributed by atoms with van der Waals surface area (Å²) in [6, 6.07) is 24.7. The van der Waals surface area contributed by atoms with Gasteiger partial charge in [0.15, 0.2) is 11.5 Å². The van der Waals surface area contributed by atoms with Crippen molar-refractivity contribution < 1.29 is 19.1 Å². The van der Waals surface area contributed by atoms with E-state index in [0.29, 0.717) is 35.7 Å². The fourth-order valence-corrected chi connectivity index (χ4v) is 4.24. The summed E-state index contributed by atoms with van der Waals surface area (Å²) in [6.07, 6.45) is 0.505. The Balaban J connectivity index is 1.68. The van der Waals surface area contributed by atoms with E-state index in [-0.39, 0.29) is 18.4 Å². The summed E-state index contributed by atoms with van der Waals surface area (Å²) in [6.45, 7) is 2.80. The molecule has 3 aromatic rings. The summed E-state index contributed by atoms with van der Waals surface area (Å²) < 4.78 is 10.7. The molecule has 6 heteroatoms. The van der Waals surface area contributed by atoms with E-state index in [1.165, 1.54) is 4.90 Å². The number of imide groups is 1. The molecule has 3 aromatic carbocycles. The molecular weight excluding hydrogens is 428 g/mol. The van der Waals surface area contributed by atoms with Crippen molar-refractivity contribution in [2.75, 3.05) is 32.2 Å². The number of carbonyl (C=O) groups is 2. The van der Waals surface area contributed by atoms with Crippen LogP contribution in [0.5, 0.6) is 11.5 Å². The predicted octanol–water partition coefficient (Wildman–Crippen LogP) is 4.55. The van der Waals surface area contributed by atoms with Crippen molar-refractivity contribution in [3.63, 3.8) is 0 Å². The SMILES string of the molecule is CCN(C1=C(c2ccccc2)C(=O)N(CCc2ccc(OC)c(OC)c2)C1=O)c1ccccc1. The van der Waals surface area contributed by atoms with E-state index in [1.54, 1.807) is 14.2 Å². The minimum absolute atomic E-state index is 0.263. The number of hydrogen-bond donors (Lipinski definition) is 0. The van der Waals surface area contributed by atoms with Crippen molar-refractivity contribution in [2.45, 2.75) is 13.3 Å². The molecular formula is C28H28N2O4. The van der Waals surface area contributed by atoms with Gasteiger partial charge in [0.1, 0.15) is 5.70 Å². The second-order valence-electron chi connectivity index (χ2n) is 7.87. The lowest BCUT2D eigenvalue weighted by Gasteiger charge is -2.25. The number of ether oxygens (including phenoxy) is 2. The Morgan fingerprint density at radius 2 is 1.44 bits per heavy atom. The molecule has 0 N–H and O–H groups in total. The zero-order chi connectivity index (χ0) is 24.1. The summed E-state index contributed by atoms with van der Waals surface area (Å²) in [7, 11) is 3.17. The highest BCUT2D eigenvalue weighted by Crippen LogP contribution is 2.34. The van der Waals surface area contributed by atoms with Crippen molar-refractivity contribution in [1.82, 2.24) is 4.90 Å². The van der Waals surface area contributed by atoms with Crippen molar-refractivity contribution >= 4 is 23.1 Å². The Kier molecular flexibility index (Phi) is 6.97. The number of likely N-dealkylation sites (N-methyl/N-ethyl adjacent to an activating group) is 1. The average molecular weight is 457 g/mol. The number of carbonyl (C=O) groups excluding carboxylic acids is 2. The molecule has 1 aliphatic heterocycles. The lowest BCUT2D eigenvalue weighted by atomic mass is 10.0. The third kappa shape index (κ3) is 4.39. The normalized spacial score (nSPS) is 13.4. The van der Waals surface area contributed by atoms with Crippen molar-refractivity contribution in [2.24, 2.45) is 0 Å². The van der Waals surface area contributed by atoms with Gasteiger partial charge in [0.2, 0.25) is 0 Å². The van der Waals surface area contributed by atoms with Crippen molar-refractivity contribution in [3.05, 3.63) is 95.7 Å². The van der Waals surface area contributed by atoms with E-state index < -0.39 is 0 Å². The molecule has 0 spiro atoms. The maximum atomic E-state index is 13.7. The van der Waals surface area contributed by atoms with E-state index in [2.05, 4.69) is 0 Å². The minimum Gasteiger partial charge on any atom is -0.493 e. The second kappa shape index (κ2) is 10.3. The first kappa shape index (κ1) is 23.1. The van der Waals surface area contributed by atoms with Crippen molar-refractivity contribution in [1.29, 1.82) is 0 Å². The van der Waals surface area contributed by atoms with E-state index in [4.69, 9.17) is 9.47 Å². The van der Waals surface area contributed by atoms with Crippen LogP contribution in [0.2, 0.25) is 0 Å². The third-order valence-electron chi connectivity index (χ3n) is 5.93. The van der Waals surface area contributed by atoms with Crippen LogP contribution in [-0.4, -0.2) is 44.0 Å². The molecule has 0 unspecified atom stereocenters. The number of nitrogens with zero attached hydrogens (tertiary/aromatic N) is 2. The van der Waals surface area contributed by atoms with Gasteiger partial charge in [-0.2, -0.15) is 0 Å². The first-order valence-electron chi connectivity index (χ1n) is 11.3. The number of amides is 2. The third-order valence-corrected chi connectivity index (χ3v) is 5.93. The Morgan fingerprint density at radius 1 is 0.794 bits per heavy atom. The number of methoxy groups -OCH3 is 2. The summed E-state index contributed by atoms with van der Waals surface area (Å²) in [5, 5.41) is 0. The lowest BCUT2D eigenvalue weighted by Crippen LogP contribution is -2.36. The van der Waals surface area contributed by atoms with Crippen LogP contribution in [0.25, 0.3) is 5.57 Å². The molecule has 6 nitrogen and oxygen atoms in total. The highest BCUT2D eigenvalue weighted by atomic mass is 16.5. The molecule has 1 aliphatic rings. The second-order valence-corrected chi connectivity index (χ2v) is 7.87. The number of benzene rings is 3. The maximum absolute atomic E-state index is 13.7. The van der Waals surface area contributed by atoms with Gasteiger partial charge in [0.05, 0.1) is 19.8 Å². The van der Waals surface area contributed by atoms with Gasteiger partial charge in [-0.3, -0.25) is 14.5 Å². The number of para-hydroxylation sites is 1. The molecule has 174 valence electrons. The average Bonchev–Trinajstić information content (AvgIpc) is 3.13. The molecule has 0 aromatic heterocycles. The highest BCUT2D eigenvalue weighted by Gasteiger charge is 2.41. The first-order chi connectivity index (χ1) is 16.6. The summed E-state index contributed by atoms with van der Waals surface area (Å²) in [4.78, 5) is 30.5. The molecule has 0 aliphatic carbocycles. The molecule has 34 heavy (non-hydrogen) atoms. The maximum Gasteiger partial charge on any atom is 0.278 e. The largest absolute Gasteiger partial charge is 0.493 e. The van der Waals surface area contributed by atoms with Crippen LogP contribution in [0.15, 0.2) is 84.6 Å². The molecule has 0 saturated carbocycles. The van der Waals surface area contributed by atoms with E-state index in [1.807, 2.05) is 90.7 Å². The van der Waals surface area contributed by atoms with Gasteiger partial charge in [0, 0.05) is 18.8 Å². The molecule has 4 rings (SSSR count). The Labute approximate surface area is 200 Å². The fourth-order valence-electron chi connectivity index (χ4n) is 4.24. The predicted molar refractivity (Wildman–Crippen MR) is 133 cm³/mol. The Bertz CT molecular complexity index is 1210. The first-order valence-corrected chi connectivity index (χ1v) is 11.3. The van der Waals surface area contributed by atoms with Gasteiger partial charge in [-0.1, -0.05) is 54.6 Å². The quantitative estimate of drug-likeness (QED) is 0.442. The van der Waals surface area contributed by atoms with Crippen LogP contribution in [0.4, 0.5) is 5.69 Å². The number of hydrogen-bond acceptors (Lipinski definition) is 5. The molecule has 2 amide bonds. The Hall–Kier alpha value is -4.06. The van der Waals surface area contributed by atoms with Gasteiger partial charge in [-0.25, -0.2) is 0 Å². The highest BCUT2D eigenvalue weighted by molar-refractivity contribution is 6.36. The number of anilines is 1. The molecule has 0 radical (unpaired) electrons. The van der Waals surface area contributed by atoms with E-state index in [0.717, 1.165) is 16.8 Å². The summed E-state index contributed by atoms with van der Waals surface area (Å²) >= 11 is 0. The monoisotopic (exact) mass is 456 g/mol. The topological polar surface area (TPSA) is 59.1 Å². The fraction of sp³-hybridized carbons (Fsp3) is 0.214. The van der Waals surface area contributed by atoms with E-state index in [9.17, 15) is 9.59 Å². The van der Waals surface area contributed by atoms with Crippen LogP contribution < -0.4 is 14.4 Å². The molecule has 0 saturated heterocycles. The zero-order valence-corrected chi connectivity index (χ0v) is 19.7. The van der Waals surface area contributed by atoms with Crippen molar-refractivity contribution in [3.8, 4) is 11.5 Å². The van der Waals surface area contributed by atoms with E-state index >= 15 is 0 Å². The van der Waals surface area contributed by atoms with Gasteiger partial charge >= 0.3 is 0 Å². The molecule has 1 heterocycles. The molecule has 0 bridgehead atoms. The van der Waals surface area contributed by atoms with Gasteiger partial charge in [0.25, 0.3) is 11.8 Å². The Morgan fingerprint density at radius 3 is 2.06 bits per heavy atom. The number of rotatable bonds is 9. The van der Waals surface area contributed by atoms with Gasteiger partial charge in [-0.15, -0.1) is 0 Å². The van der Waals surface area contributed by atoms with Crippen LogP contribution >= 0.6 is 0 Å². The smallest absolute Gasteiger partial charge is 0.278 e. The van der Waals surface area contributed by atoms with Crippen LogP contribution in [-0.2, 0) is 16.0 Å². The minimum atomic E-state index is -0.282. The summed E-state index contributed by atoms with van der Waals surface area (Å²) in [5.41, 5.74) is 3.40. The summed E-state index contributed by atoms with van der Waals surface area (Å²) in [5.74, 6) is 0.691. The van der Waals surface area contributed by atoms with Gasteiger partial charge < -0.3 is 14.4 Å². The lowest BCUT2D eigenvalue weighted by molar-refractivity contribution is -0.136.